The number of nitrogens with one attached hydrogen (secondary N) is 2. The lowest BCUT2D eigenvalue weighted by Gasteiger charge is -2.29. The van der Waals surface area contributed by atoms with Crippen molar-refractivity contribution in [2.24, 2.45) is 11.8 Å². The Morgan fingerprint density at radius 2 is 1.93 bits per heavy atom. The molecule has 0 spiro atoms. The van der Waals surface area contributed by atoms with Gasteiger partial charge in [0, 0.05) is 19.4 Å². The highest BCUT2D eigenvalue weighted by Gasteiger charge is 2.27. The van der Waals surface area contributed by atoms with Crippen molar-refractivity contribution in [2.75, 3.05) is 23.3 Å². The summed E-state index contributed by atoms with van der Waals surface area (Å²) < 4.78 is 0. The van der Waals surface area contributed by atoms with Crippen LogP contribution < -0.4 is 15.5 Å². The minimum atomic E-state index is -0.948. The van der Waals surface area contributed by atoms with E-state index in [9.17, 15) is 24.3 Å². The third-order valence-electron chi connectivity index (χ3n) is 4.29. The molecule has 27 heavy (non-hydrogen) atoms. The Morgan fingerprint density at radius 3 is 2.59 bits per heavy atom. The lowest BCUT2D eigenvalue weighted by atomic mass is 9.97. The van der Waals surface area contributed by atoms with E-state index in [1.807, 2.05) is 13.8 Å². The van der Waals surface area contributed by atoms with Crippen LogP contribution in [0.15, 0.2) is 24.3 Å². The van der Waals surface area contributed by atoms with Gasteiger partial charge in [0.15, 0.2) is 0 Å². The molecule has 1 aliphatic heterocycles. The highest BCUT2D eigenvalue weighted by molar-refractivity contribution is 6.10. The van der Waals surface area contributed by atoms with Gasteiger partial charge in [-0.05, 0) is 24.5 Å². The molecule has 0 radical (unpaired) electrons. The Hall–Kier alpha value is -2.90. The average molecular weight is 375 g/mol. The highest BCUT2D eigenvalue weighted by Crippen LogP contribution is 2.29. The number of rotatable bonds is 8. The molecule has 0 bridgehead atoms. The van der Waals surface area contributed by atoms with Crippen molar-refractivity contribution in [1.82, 2.24) is 5.32 Å². The number of para-hydroxylation sites is 2. The standard InChI is InChI=1S/C19H25N3O5/c1-12(2)9-13(19(26)27)10-20-16(23)7-8-18(25)22-11-17(24)21-14-5-3-4-6-15(14)22/h3-6,12-13H,7-11H2,1-2H3,(H,20,23)(H,21,24)(H,26,27). The third kappa shape index (κ3) is 5.80. The Kier molecular flexibility index (Phi) is 6.92. The van der Waals surface area contributed by atoms with Crippen LogP contribution >= 0.6 is 0 Å². The van der Waals surface area contributed by atoms with Gasteiger partial charge in [-0.3, -0.25) is 19.2 Å². The summed E-state index contributed by atoms with van der Waals surface area (Å²) in [5, 5.41) is 14.5. The predicted molar refractivity (Wildman–Crippen MR) is 100 cm³/mol. The molecule has 1 aromatic rings. The monoisotopic (exact) mass is 375 g/mol. The molecule has 1 aliphatic rings. The molecule has 0 aliphatic carbocycles. The van der Waals surface area contributed by atoms with E-state index in [-0.39, 0.29) is 49.6 Å². The molecule has 146 valence electrons. The van der Waals surface area contributed by atoms with Crippen LogP contribution in [0.3, 0.4) is 0 Å². The quantitative estimate of drug-likeness (QED) is 0.638. The molecule has 8 heteroatoms. The Bertz CT molecular complexity index is 732. The van der Waals surface area contributed by atoms with E-state index >= 15 is 0 Å². The van der Waals surface area contributed by atoms with Gasteiger partial charge in [-0.1, -0.05) is 26.0 Å². The Morgan fingerprint density at radius 1 is 1.22 bits per heavy atom. The van der Waals surface area contributed by atoms with Crippen LogP contribution in [0.5, 0.6) is 0 Å². The van der Waals surface area contributed by atoms with Crippen molar-refractivity contribution in [3.63, 3.8) is 0 Å². The van der Waals surface area contributed by atoms with Gasteiger partial charge in [0.25, 0.3) is 0 Å². The lowest BCUT2D eigenvalue weighted by molar-refractivity contribution is -0.142. The zero-order valence-corrected chi connectivity index (χ0v) is 15.5. The molecule has 2 rings (SSSR count). The fourth-order valence-electron chi connectivity index (χ4n) is 2.98. The second-order valence-corrected chi connectivity index (χ2v) is 7.01. The lowest BCUT2D eigenvalue weighted by Crippen LogP contribution is -2.42. The predicted octanol–water partition coefficient (Wildman–Crippen LogP) is 1.61. The van der Waals surface area contributed by atoms with Gasteiger partial charge < -0.3 is 20.6 Å². The summed E-state index contributed by atoms with van der Waals surface area (Å²) >= 11 is 0. The number of carbonyl (C=O) groups is 4. The van der Waals surface area contributed by atoms with Crippen LogP contribution in [0.2, 0.25) is 0 Å². The highest BCUT2D eigenvalue weighted by atomic mass is 16.4. The van der Waals surface area contributed by atoms with E-state index in [4.69, 9.17) is 0 Å². The summed E-state index contributed by atoms with van der Waals surface area (Å²) in [5.74, 6) is -2.39. The molecule has 0 saturated heterocycles. The molecule has 3 N–H and O–H groups in total. The van der Waals surface area contributed by atoms with E-state index in [2.05, 4.69) is 10.6 Å². The van der Waals surface area contributed by atoms with E-state index < -0.39 is 11.9 Å². The number of amides is 3. The molecule has 0 saturated carbocycles. The minimum Gasteiger partial charge on any atom is -0.481 e. The van der Waals surface area contributed by atoms with Gasteiger partial charge >= 0.3 is 5.97 Å². The fraction of sp³-hybridized carbons (Fsp3) is 0.474. The summed E-state index contributed by atoms with van der Waals surface area (Å²) in [7, 11) is 0. The van der Waals surface area contributed by atoms with Gasteiger partial charge in [0.1, 0.15) is 6.54 Å². The number of aliphatic carboxylic acids is 1. The second-order valence-electron chi connectivity index (χ2n) is 7.01. The van der Waals surface area contributed by atoms with Gasteiger partial charge in [-0.2, -0.15) is 0 Å². The maximum absolute atomic E-state index is 12.5. The number of hydrogen-bond acceptors (Lipinski definition) is 4. The molecule has 0 aromatic heterocycles. The van der Waals surface area contributed by atoms with Crippen LogP contribution in [0, 0.1) is 11.8 Å². The normalized spacial score (nSPS) is 14.3. The summed E-state index contributed by atoms with van der Waals surface area (Å²) in [5.41, 5.74) is 1.16. The van der Waals surface area contributed by atoms with E-state index in [1.54, 1.807) is 24.3 Å². The van der Waals surface area contributed by atoms with E-state index in [1.165, 1.54) is 4.90 Å². The van der Waals surface area contributed by atoms with Gasteiger partial charge in [0.05, 0.1) is 17.3 Å². The average Bonchev–Trinajstić information content (AvgIpc) is 2.61. The van der Waals surface area contributed by atoms with E-state index in [0.717, 1.165) is 0 Å². The third-order valence-corrected chi connectivity index (χ3v) is 4.29. The Balaban J connectivity index is 1.87. The summed E-state index contributed by atoms with van der Waals surface area (Å²) in [6.45, 7) is 3.79. The number of carbonyl (C=O) groups excluding carboxylic acids is 3. The number of carboxylic acid groups (broad SMARTS) is 1. The van der Waals surface area contributed by atoms with Gasteiger partial charge in [-0.15, -0.1) is 0 Å². The number of hydrogen-bond donors (Lipinski definition) is 3. The maximum atomic E-state index is 12.5. The van der Waals surface area contributed by atoms with Gasteiger partial charge in [0.2, 0.25) is 17.7 Å². The number of carboxylic acids is 1. The van der Waals surface area contributed by atoms with Crippen LogP contribution in [0.4, 0.5) is 11.4 Å². The van der Waals surface area contributed by atoms with Crippen LogP contribution in [-0.2, 0) is 19.2 Å². The zero-order valence-electron chi connectivity index (χ0n) is 15.5. The van der Waals surface area contributed by atoms with Crippen molar-refractivity contribution in [2.45, 2.75) is 33.1 Å². The van der Waals surface area contributed by atoms with Crippen LogP contribution in [0.25, 0.3) is 0 Å². The largest absolute Gasteiger partial charge is 0.481 e. The minimum absolute atomic E-state index is 0.0372. The van der Waals surface area contributed by atoms with Crippen LogP contribution in [0.1, 0.15) is 33.1 Å². The van der Waals surface area contributed by atoms with Crippen molar-refractivity contribution < 1.29 is 24.3 Å². The molecule has 1 aromatic carbocycles. The van der Waals surface area contributed by atoms with E-state index in [0.29, 0.717) is 17.8 Å². The molecule has 8 nitrogen and oxygen atoms in total. The molecular formula is C19H25N3O5. The van der Waals surface area contributed by atoms with Crippen molar-refractivity contribution in [3.8, 4) is 0 Å². The molecule has 1 heterocycles. The van der Waals surface area contributed by atoms with Crippen molar-refractivity contribution in [3.05, 3.63) is 24.3 Å². The first-order chi connectivity index (χ1) is 12.8. The topological polar surface area (TPSA) is 116 Å². The summed E-state index contributed by atoms with van der Waals surface area (Å²) in [6.07, 6.45) is 0.344. The first-order valence-corrected chi connectivity index (χ1v) is 8.96. The van der Waals surface area contributed by atoms with Gasteiger partial charge in [-0.25, -0.2) is 0 Å². The first-order valence-electron chi connectivity index (χ1n) is 8.96. The number of fused-ring (bicyclic) bond motifs is 1. The molecule has 1 unspecified atom stereocenters. The molecule has 0 fully saturated rings. The first kappa shape index (κ1) is 20.4. The fourth-order valence-corrected chi connectivity index (χ4v) is 2.98. The zero-order chi connectivity index (χ0) is 20.0. The van der Waals surface area contributed by atoms with Crippen LogP contribution in [-0.4, -0.2) is 41.9 Å². The van der Waals surface area contributed by atoms with Crippen molar-refractivity contribution >= 4 is 35.1 Å². The SMILES string of the molecule is CC(C)CC(CNC(=O)CCC(=O)N1CC(=O)Nc2ccccc21)C(=O)O. The molecular weight excluding hydrogens is 350 g/mol. The van der Waals surface area contributed by atoms with Crippen molar-refractivity contribution in [1.29, 1.82) is 0 Å². The smallest absolute Gasteiger partial charge is 0.308 e. The molecule has 3 amide bonds. The summed E-state index contributed by atoms with van der Waals surface area (Å²) in [6, 6.07) is 6.97. The number of nitrogens with zero attached hydrogens (tertiary/aromatic N) is 1. The Labute approximate surface area is 157 Å². The maximum Gasteiger partial charge on any atom is 0.308 e. The summed E-state index contributed by atoms with van der Waals surface area (Å²) in [4.78, 5) is 48.8. The second kappa shape index (κ2) is 9.16. The number of benzene rings is 1. The molecule has 1 atom stereocenters. The number of anilines is 2.